The van der Waals surface area contributed by atoms with Crippen molar-refractivity contribution in [2.75, 3.05) is 33.9 Å². The fourth-order valence-corrected chi connectivity index (χ4v) is 1.71. The lowest BCUT2D eigenvalue weighted by molar-refractivity contribution is 0.223. The highest BCUT2D eigenvalue weighted by Gasteiger charge is 2.09. The molecule has 0 aliphatic heterocycles. The van der Waals surface area contributed by atoms with E-state index in [1.165, 1.54) is 0 Å². The Kier molecular flexibility index (Phi) is 6.15. The number of nitrogens with one attached hydrogen (secondary N) is 1. The molecule has 0 bridgehead atoms. The van der Waals surface area contributed by atoms with Gasteiger partial charge in [0.1, 0.15) is 6.61 Å². The van der Waals surface area contributed by atoms with Crippen LogP contribution in [0.5, 0.6) is 11.5 Å². The molecule has 19 heavy (non-hydrogen) atoms. The van der Waals surface area contributed by atoms with E-state index in [0.717, 1.165) is 24.6 Å². The normalized spacial score (nSPS) is 12.2. The zero-order chi connectivity index (χ0) is 14.3. The van der Waals surface area contributed by atoms with Crippen LogP contribution >= 0.6 is 0 Å². The summed E-state index contributed by atoms with van der Waals surface area (Å²) in [6, 6.07) is 7.58. The maximum absolute atomic E-state index is 7.36. The summed E-state index contributed by atoms with van der Waals surface area (Å²) in [5, 5.41) is 7.36. The number of nitrogens with two attached hydrogens (primary N) is 1. The van der Waals surface area contributed by atoms with Gasteiger partial charge in [-0.25, -0.2) is 0 Å². The first-order valence-electron chi connectivity index (χ1n) is 6.33. The Morgan fingerprint density at radius 2 is 2.00 bits per heavy atom. The first kappa shape index (κ1) is 15.3. The van der Waals surface area contributed by atoms with Gasteiger partial charge in [0.15, 0.2) is 11.5 Å². The number of benzene rings is 1. The Morgan fingerprint density at radius 3 is 2.58 bits per heavy atom. The lowest BCUT2D eigenvalue weighted by Gasteiger charge is -2.20. The third-order valence-electron chi connectivity index (χ3n) is 2.92. The molecule has 0 amide bonds. The molecule has 0 spiro atoms. The van der Waals surface area contributed by atoms with Crippen LogP contribution in [0, 0.1) is 11.3 Å². The average molecular weight is 265 g/mol. The zero-order valence-corrected chi connectivity index (χ0v) is 11.8. The van der Waals surface area contributed by atoms with Crippen molar-refractivity contribution in [3.63, 3.8) is 0 Å². The van der Waals surface area contributed by atoms with Gasteiger partial charge >= 0.3 is 0 Å². The molecular formula is C14H23N3O2. The highest BCUT2D eigenvalue weighted by Crippen LogP contribution is 2.25. The molecule has 1 unspecified atom stereocenters. The van der Waals surface area contributed by atoms with Gasteiger partial charge in [0.05, 0.1) is 12.9 Å². The van der Waals surface area contributed by atoms with Crippen molar-refractivity contribution in [3.05, 3.63) is 24.3 Å². The summed E-state index contributed by atoms with van der Waals surface area (Å²) in [7, 11) is 3.62. The van der Waals surface area contributed by atoms with Crippen molar-refractivity contribution in [1.82, 2.24) is 4.90 Å². The summed E-state index contributed by atoms with van der Waals surface area (Å²) in [6.07, 6.45) is 0. The van der Waals surface area contributed by atoms with E-state index in [4.69, 9.17) is 20.6 Å². The van der Waals surface area contributed by atoms with E-state index in [1.807, 2.05) is 38.2 Å². The summed E-state index contributed by atoms with van der Waals surface area (Å²) >= 11 is 0. The number of ether oxygens (including phenoxy) is 2. The predicted molar refractivity (Wildman–Crippen MR) is 77.1 cm³/mol. The van der Waals surface area contributed by atoms with Crippen molar-refractivity contribution in [2.24, 2.45) is 11.7 Å². The van der Waals surface area contributed by atoms with Gasteiger partial charge in [-0.3, -0.25) is 5.41 Å². The van der Waals surface area contributed by atoms with Crippen LogP contribution in [0.1, 0.15) is 6.92 Å². The Morgan fingerprint density at radius 1 is 1.37 bits per heavy atom. The van der Waals surface area contributed by atoms with Crippen LogP contribution in [0.15, 0.2) is 24.3 Å². The zero-order valence-electron chi connectivity index (χ0n) is 11.8. The molecule has 1 aromatic carbocycles. The van der Waals surface area contributed by atoms with Gasteiger partial charge in [-0.2, -0.15) is 0 Å². The molecule has 0 aliphatic carbocycles. The highest BCUT2D eigenvalue weighted by atomic mass is 16.5. The number of nitrogens with zero attached hydrogens (tertiary/aromatic N) is 1. The van der Waals surface area contributed by atoms with Crippen LogP contribution in [-0.4, -0.2) is 44.6 Å². The van der Waals surface area contributed by atoms with Crippen LogP contribution in [0.4, 0.5) is 0 Å². The highest BCUT2D eigenvalue weighted by molar-refractivity contribution is 5.79. The van der Waals surface area contributed by atoms with Gasteiger partial charge in [0, 0.05) is 19.0 Å². The van der Waals surface area contributed by atoms with E-state index in [9.17, 15) is 0 Å². The number of likely N-dealkylation sites (N-methyl/N-ethyl adjacent to an activating group) is 1. The topological polar surface area (TPSA) is 71.6 Å². The lowest BCUT2D eigenvalue weighted by atomic mass is 10.1. The van der Waals surface area contributed by atoms with Crippen molar-refractivity contribution >= 4 is 5.84 Å². The SMILES string of the molecule is COc1ccccc1OCCN(C)CC(C)C(=N)N. The fraction of sp³-hybridized carbons (Fsp3) is 0.500. The molecule has 0 aliphatic rings. The van der Waals surface area contributed by atoms with Crippen LogP contribution in [0.3, 0.4) is 0 Å². The van der Waals surface area contributed by atoms with Gasteiger partial charge in [-0.05, 0) is 19.2 Å². The van der Waals surface area contributed by atoms with Crippen molar-refractivity contribution in [1.29, 1.82) is 5.41 Å². The van der Waals surface area contributed by atoms with Gasteiger partial charge in [-0.1, -0.05) is 19.1 Å². The van der Waals surface area contributed by atoms with E-state index in [1.54, 1.807) is 7.11 Å². The predicted octanol–water partition coefficient (Wildman–Crippen LogP) is 1.58. The Bertz CT molecular complexity index is 409. The lowest BCUT2D eigenvalue weighted by Crippen LogP contribution is -2.34. The monoisotopic (exact) mass is 265 g/mol. The fourth-order valence-electron chi connectivity index (χ4n) is 1.71. The molecular weight excluding hydrogens is 242 g/mol. The van der Waals surface area contributed by atoms with E-state index in [-0.39, 0.29) is 11.8 Å². The second kappa shape index (κ2) is 7.63. The molecule has 0 saturated carbocycles. The first-order valence-corrected chi connectivity index (χ1v) is 6.33. The van der Waals surface area contributed by atoms with Gasteiger partial charge in [0.2, 0.25) is 0 Å². The van der Waals surface area contributed by atoms with E-state index < -0.39 is 0 Å². The molecule has 5 nitrogen and oxygen atoms in total. The largest absolute Gasteiger partial charge is 0.493 e. The molecule has 3 N–H and O–H groups in total. The average Bonchev–Trinajstić information content (AvgIpc) is 2.39. The number of hydrogen-bond donors (Lipinski definition) is 2. The second-order valence-corrected chi connectivity index (χ2v) is 4.62. The van der Waals surface area contributed by atoms with E-state index >= 15 is 0 Å². The van der Waals surface area contributed by atoms with Crippen LogP contribution in [0.2, 0.25) is 0 Å². The Labute approximate surface area is 114 Å². The van der Waals surface area contributed by atoms with E-state index in [0.29, 0.717) is 6.61 Å². The number of amidine groups is 1. The quantitative estimate of drug-likeness (QED) is 0.553. The smallest absolute Gasteiger partial charge is 0.161 e. The van der Waals surface area contributed by atoms with Gasteiger partial charge in [-0.15, -0.1) is 0 Å². The number of methoxy groups -OCH3 is 1. The molecule has 1 atom stereocenters. The summed E-state index contributed by atoms with van der Waals surface area (Å²) in [6.45, 7) is 4.04. The number of rotatable bonds is 8. The van der Waals surface area contributed by atoms with Crippen LogP contribution in [0.25, 0.3) is 0 Å². The van der Waals surface area contributed by atoms with Gasteiger partial charge < -0.3 is 20.1 Å². The van der Waals surface area contributed by atoms with Crippen molar-refractivity contribution in [3.8, 4) is 11.5 Å². The molecule has 1 rings (SSSR count). The summed E-state index contributed by atoms with van der Waals surface area (Å²) in [5.74, 6) is 1.77. The minimum absolute atomic E-state index is 0.0660. The Balaban J connectivity index is 2.35. The molecule has 0 fully saturated rings. The second-order valence-electron chi connectivity index (χ2n) is 4.62. The standard InChI is InChI=1S/C14H23N3O2/c1-11(14(15)16)10-17(2)8-9-19-13-7-5-4-6-12(13)18-3/h4-7,11H,8-10H2,1-3H3,(H3,15,16). The van der Waals surface area contributed by atoms with Crippen LogP contribution in [-0.2, 0) is 0 Å². The number of para-hydroxylation sites is 2. The molecule has 0 aromatic heterocycles. The summed E-state index contributed by atoms with van der Waals surface area (Å²) in [5.41, 5.74) is 5.45. The number of hydrogen-bond acceptors (Lipinski definition) is 4. The Hall–Kier alpha value is -1.75. The third-order valence-corrected chi connectivity index (χ3v) is 2.92. The maximum atomic E-state index is 7.36. The molecule has 5 heteroatoms. The van der Waals surface area contributed by atoms with Crippen molar-refractivity contribution < 1.29 is 9.47 Å². The first-order chi connectivity index (χ1) is 9.04. The third kappa shape index (κ3) is 5.18. The minimum atomic E-state index is 0.0660. The van der Waals surface area contributed by atoms with E-state index in [2.05, 4.69) is 4.90 Å². The molecule has 0 heterocycles. The van der Waals surface area contributed by atoms with Crippen molar-refractivity contribution in [2.45, 2.75) is 6.92 Å². The molecule has 0 saturated heterocycles. The molecule has 106 valence electrons. The van der Waals surface area contributed by atoms with Crippen LogP contribution < -0.4 is 15.2 Å². The summed E-state index contributed by atoms with van der Waals surface area (Å²) in [4.78, 5) is 2.10. The summed E-state index contributed by atoms with van der Waals surface area (Å²) < 4.78 is 10.9. The molecule has 1 aromatic rings. The maximum Gasteiger partial charge on any atom is 0.161 e. The van der Waals surface area contributed by atoms with Gasteiger partial charge in [0.25, 0.3) is 0 Å². The minimum Gasteiger partial charge on any atom is -0.493 e. The molecule has 0 radical (unpaired) electrons.